The molecule has 132 valence electrons. The first kappa shape index (κ1) is 20.1. The van der Waals surface area contributed by atoms with Crippen LogP contribution in [0.5, 0.6) is 0 Å². The Hall–Kier alpha value is -1.65. The van der Waals surface area contributed by atoms with Gasteiger partial charge in [-0.2, -0.15) is 12.6 Å². The molecule has 1 heterocycles. The molecule has 0 saturated heterocycles. The van der Waals surface area contributed by atoms with Crippen molar-refractivity contribution >= 4 is 42.2 Å². The first-order valence-electron chi connectivity index (χ1n) is 8.84. The summed E-state index contributed by atoms with van der Waals surface area (Å²) in [5.74, 6) is 0. The number of nitrogens with one attached hydrogen (secondary N) is 1. The summed E-state index contributed by atoms with van der Waals surface area (Å²) in [5.41, 5.74) is 3.30. The predicted molar refractivity (Wildman–Crippen MR) is 118 cm³/mol. The van der Waals surface area contributed by atoms with Crippen molar-refractivity contribution in [3.63, 3.8) is 0 Å². The van der Waals surface area contributed by atoms with Gasteiger partial charge in [0.15, 0.2) is 0 Å². The Kier molecular flexibility index (Phi) is 6.72. The van der Waals surface area contributed by atoms with E-state index in [1.807, 2.05) is 6.20 Å². The fourth-order valence-corrected chi connectivity index (χ4v) is 4.43. The summed E-state index contributed by atoms with van der Waals surface area (Å²) in [5, 5.41) is 3.21. The van der Waals surface area contributed by atoms with Crippen molar-refractivity contribution < 1.29 is 0 Å². The van der Waals surface area contributed by atoms with E-state index in [1.165, 1.54) is 16.7 Å². The number of rotatable bonds is 5. The summed E-state index contributed by atoms with van der Waals surface area (Å²) in [6.07, 6.45) is 4.07. The quantitative estimate of drug-likeness (QED) is 0.394. The van der Waals surface area contributed by atoms with Gasteiger partial charge in [0.05, 0.1) is 17.5 Å². The molecule has 1 aliphatic heterocycles. The Labute approximate surface area is 189 Å². The first-order valence-corrected chi connectivity index (χ1v) is 9.35. The Morgan fingerprint density at radius 2 is 1.15 bits per heavy atom. The van der Waals surface area contributed by atoms with E-state index in [4.69, 9.17) is 12.6 Å². The summed E-state index contributed by atoms with van der Waals surface area (Å²) >= 11 is 5.17. The first-order chi connectivity index (χ1) is 12.8. The summed E-state index contributed by atoms with van der Waals surface area (Å²) in [6.45, 7) is 0.752. The molecule has 0 saturated carbocycles. The monoisotopic (exact) mass is 382 g/mol. The van der Waals surface area contributed by atoms with Crippen LogP contribution in [0.15, 0.2) is 103 Å². The minimum atomic E-state index is -0.400. The summed E-state index contributed by atoms with van der Waals surface area (Å²) < 4.78 is 0. The third-order valence-electron chi connectivity index (χ3n) is 5.05. The Balaban J connectivity index is 0.00000210. The van der Waals surface area contributed by atoms with Gasteiger partial charge >= 0.3 is 29.6 Å². The molecule has 0 fully saturated rings. The molecule has 0 aliphatic carbocycles. The van der Waals surface area contributed by atoms with Crippen LogP contribution in [0.25, 0.3) is 0 Å². The molecule has 1 unspecified atom stereocenters. The molecule has 27 heavy (non-hydrogen) atoms. The fourth-order valence-electron chi connectivity index (χ4n) is 3.83. The van der Waals surface area contributed by atoms with Crippen LogP contribution in [0.3, 0.4) is 0 Å². The van der Waals surface area contributed by atoms with E-state index in [0.717, 1.165) is 6.67 Å². The second-order valence-electron chi connectivity index (χ2n) is 6.47. The van der Waals surface area contributed by atoms with Crippen molar-refractivity contribution in [2.75, 3.05) is 6.67 Å². The number of hydrogen-bond acceptors (Lipinski definition) is 3. The number of benzene rings is 3. The summed E-state index contributed by atoms with van der Waals surface area (Å²) in [7, 11) is 0. The van der Waals surface area contributed by atoms with Crippen molar-refractivity contribution in [1.82, 2.24) is 10.2 Å². The van der Waals surface area contributed by atoms with Crippen molar-refractivity contribution in [3.05, 3.63) is 120 Å². The van der Waals surface area contributed by atoms with E-state index in [0.29, 0.717) is 0 Å². The molecule has 3 aromatic carbocycles. The molecule has 1 N–H and O–H groups in total. The molecule has 1 atom stereocenters. The number of hydrogen-bond donors (Lipinski definition) is 2. The van der Waals surface area contributed by atoms with Gasteiger partial charge in [-0.05, 0) is 16.7 Å². The average Bonchev–Trinajstić information content (AvgIpc) is 3.26. The van der Waals surface area contributed by atoms with Crippen molar-refractivity contribution in [2.24, 2.45) is 0 Å². The van der Waals surface area contributed by atoms with Gasteiger partial charge in [0.2, 0.25) is 0 Å². The second-order valence-corrected chi connectivity index (χ2v) is 6.96. The normalized spacial score (nSPS) is 14.3. The van der Waals surface area contributed by atoms with Crippen LogP contribution in [-0.4, -0.2) is 46.5 Å². The van der Waals surface area contributed by atoms with Crippen molar-refractivity contribution in [3.8, 4) is 0 Å². The molecule has 2 nitrogen and oxygen atoms in total. The van der Waals surface area contributed by atoms with Gasteiger partial charge in [0.1, 0.15) is 0 Å². The van der Waals surface area contributed by atoms with Gasteiger partial charge < -0.3 is 10.2 Å². The molecule has 0 radical (unpaired) electrons. The fraction of sp³-hybridized carbons (Fsp3) is 0.130. The molecule has 0 spiro atoms. The maximum absolute atomic E-state index is 5.17. The van der Waals surface area contributed by atoms with Crippen LogP contribution < -0.4 is 5.32 Å². The zero-order valence-electron chi connectivity index (χ0n) is 14.5. The van der Waals surface area contributed by atoms with Crippen LogP contribution in [0.2, 0.25) is 0 Å². The molecule has 0 amide bonds. The maximum atomic E-state index is 5.17. The van der Waals surface area contributed by atoms with E-state index >= 15 is 0 Å². The molecule has 4 rings (SSSR count). The van der Waals surface area contributed by atoms with Gasteiger partial charge in [-0.25, -0.2) is 0 Å². The van der Waals surface area contributed by atoms with Crippen LogP contribution in [0.1, 0.15) is 16.7 Å². The Morgan fingerprint density at radius 3 is 1.48 bits per heavy atom. The van der Waals surface area contributed by atoms with E-state index < -0.39 is 5.41 Å². The Morgan fingerprint density at radius 1 is 0.741 bits per heavy atom. The Bertz CT molecular complexity index is 772. The third kappa shape index (κ3) is 3.70. The van der Waals surface area contributed by atoms with Crippen molar-refractivity contribution in [2.45, 2.75) is 10.8 Å². The number of nitrogens with zero attached hydrogens (tertiary/aromatic N) is 1. The van der Waals surface area contributed by atoms with Crippen LogP contribution in [0.4, 0.5) is 0 Å². The predicted octanol–water partition coefficient (Wildman–Crippen LogP) is 3.96. The van der Waals surface area contributed by atoms with Gasteiger partial charge in [0, 0.05) is 12.4 Å². The van der Waals surface area contributed by atoms with Gasteiger partial charge in [-0.15, -0.1) is 0 Å². The second kappa shape index (κ2) is 9.03. The van der Waals surface area contributed by atoms with E-state index in [9.17, 15) is 0 Å². The summed E-state index contributed by atoms with van der Waals surface area (Å²) in [4.78, 5) is 2.25. The van der Waals surface area contributed by atoms with Gasteiger partial charge in [-0.1, -0.05) is 91.0 Å². The standard InChI is InChI=1S/C23H22N2S.Na.H/c26-22(25-17-16-24-18-25)23(19-10-4-1-5-11-19,20-12-6-2-7-13-20)21-14-8-3-9-15-21;;/h1-17,22,24,26H,18H2;;. The number of thiol groups is 1. The molecule has 4 heteroatoms. The molecule has 0 aromatic heterocycles. The average molecular weight is 383 g/mol. The van der Waals surface area contributed by atoms with Crippen LogP contribution in [0, 0.1) is 0 Å². The van der Waals surface area contributed by atoms with Crippen LogP contribution in [-0.2, 0) is 5.41 Å². The molecule has 3 aromatic rings. The third-order valence-corrected chi connectivity index (χ3v) is 5.73. The van der Waals surface area contributed by atoms with Crippen LogP contribution >= 0.6 is 12.6 Å². The van der Waals surface area contributed by atoms with E-state index in [-0.39, 0.29) is 34.9 Å². The molecule has 0 bridgehead atoms. The van der Waals surface area contributed by atoms with E-state index in [2.05, 4.69) is 107 Å². The van der Waals surface area contributed by atoms with Crippen molar-refractivity contribution in [1.29, 1.82) is 0 Å². The topological polar surface area (TPSA) is 15.3 Å². The van der Waals surface area contributed by atoms with E-state index in [1.54, 1.807) is 0 Å². The SMILES string of the molecule is SC(N1C=CNC1)C(c1ccccc1)(c1ccccc1)c1ccccc1.[NaH]. The van der Waals surface area contributed by atoms with Gasteiger partial charge in [-0.3, -0.25) is 0 Å². The molecular weight excluding hydrogens is 359 g/mol. The zero-order valence-corrected chi connectivity index (χ0v) is 15.4. The zero-order chi connectivity index (χ0) is 17.8. The molecule has 1 aliphatic rings. The minimum absolute atomic E-state index is 0. The van der Waals surface area contributed by atoms with Gasteiger partial charge in [0.25, 0.3) is 0 Å². The summed E-state index contributed by atoms with van der Waals surface area (Å²) in [6, 6.07) is 32.1. The molecular formula is C23H23N2NaS.